The first-order valence-electron chi connectivity index (χ1n) is 5.95. The number of anilines is 3. The number of nitro groups is 1. The van der Waals surface area contributed by atoms with Gasteiger partial charge < -0.3 is 15.7 Å². The first-order valence-corrected chi connectivity index (χ1v) is 6.33. The lowest BCUT2D eigenvalue weighted by Crippen LogP contribution is -2.15. The maximum Gasteiger partial charge on any atom is 0.329 e. The molecule has 9 nitrogen and oxygen atoms in total. The molecule has 0 saturated heterocycles. The average Bonchev–Trinajstić information content (AvgIpc) is 2.47. The number of carboxylic acid groups (broad SMARTS) is 1. The van der Waals surface area contributed by atoms with Crippen LogP contribution in [0.25, 0.3) is 0 Å². The van der Waals surface area contributed by atoms with Gasteiger partial charge in [-0.3, -0.25) is 14.9 Å². The van der Waals surface area contributed by atoms with E-state index in [4.69, 9.17) is 16.7 Å². The number of hydrogen-bond donors (Lipinski definition) is 3. The molecule has 0 radical (unpaired) electrons. The van der Waals surface area contributed by atoms with Crippen LogP contribution >= 0.6 is 11.6 Å². The third-order valence-corrected chi connectivity index (χ3v) is 2.73. The van der Waals surface area contributed by atoms with E-state index in [1.807, 2.05) is 0 Å². The van der Waals surface area contributed by atoms with Crippen LogP contribution in [0.4, 0.5) is 23.1 Å². The smallest absolute Gasteiger partial charge is 0.329 e. The summed E-state index contributed by atoms with van der Waals surface area (Å²) in [5, 5.41) is 25.3. The summed E-state index contributed by atoms with van der Waals surface area (Å²) >= 11 is 5.77. The molecule has 2 aromatic rings. The molecular weight excluding hydrogens is 314 g/mol. The number of halogens is 1. The molecule has 0 saturated carbocycles. The highest BCUT2D eigenvalue weighted by Gasteiger charge is 2.17. The molecule has 22 heavy (non-hydrogen) atoms. The zero-order valence-corrected chi connectivity index (χ0v) is 11.7. The standard InChI is InChI=1S/C12H10ClN5O4/c13-7-1-3-8(4-2-7)16-12-15-5-9(18(21)22)11(17-12)14-6-10(19)20/h1-5H,6H2,(H,19,20)(H2,14,15,16,17). The molecule has 2 rings (SSSR count). The topological polar surface area (TPSA) is 130 Å². The summed E-state index contributed by atoms with van der Waals surface area (Å²) < 4.78 is 0. The fraction of sp³-hybridized carbons (Fsp3) is 0.0833. The zero-order chi connectivity index (χ0) is 16.1. The molecule has 0 fully saturated rings. The number of aliphatic carboxylic acids is 1. The number of rotatable bonds is 6. The van der Waals surface area contributed by atoms with Crippen LogP contribution in [-0.2, 0) is 4.79 Å². The molecule has 0 spiro atoms. The van der Waals surface area contributed by atoms with Gasteiger partial charge in [-0.2, -0.15) is 4.98 Å². The van der Waals surface area contributed by atoms with Crippen LogP contribution in [0.2, 0.25) is 5.02 Å². The van der Waals surface area contributed by atoms with Crippen LogP contribution in [0.3, 0.4) is 0 Å². The fourth-order valence-electron chi connectivity index (χ4n) is 1.52. The predicted octanol–water partition coefficient (Wildman–Crippen LogP) is 2.28. The number of benzene rings is 1. The maximum absolute atomic E-state index is 10.9. The van der Waals surface area contributed by atoms with Gasteiger partial charge in [0.15, 0.2) is 0 Å². The minimum absolute atomic E-state index is 0.0841. The second kappa shape index (κ2) is 6.68. The molecule has 1 aromatic carbocycles. The number of nitrogens with one attached hydrogen (secondary N) is 2. The lowest BCUT2D eigenvalue weighted by Gasteiger charge is -2.08. The van der Waals surface area contributed by atoms with Gasteiger partial charge in [-0.15, -0.1) is 0 Å². The summed E-state index contributed by atoms with van der Waals surface area (Å²) in [4.78, 5) is 28.5. The summed E-state index contributed by atoms with van der Waals surface area (Å²) in [5.74, 6) is -1.26. The van der Waals surface area contributed by atoms with E-state index in [1.54, 1.807) is 24.3 Å². The van der Waals surface area contributed by atoms with Crippen LogP contribution < -0.4 is 10.6 Å². The van der Waals surface area contributed by atoms with Crippen molar-refractivity contribution < 1.29 is 14.8 Å². The van der Waals surface area contributed by atoms with Crippen LogP contribution in [0.1, 0.15) is 0 Å². The van der Waals surface area contributed by atoms with Crippen molar-refractivity contribution in [3.63, 3.8) is 0 Å². The SMILES string of the molecule is O=C(O)CNc1nc(Nc2ccc(Cl)cc2)ncc1[N+](=O)[O-]. The van der Waals surface area contributed by atoms with Gasteiger partial charge in [-0.25, -0.2) is 4.98 Å². The highest BCUT2D eigenvalue weighted by Crippen LogP contribution is 2.23. The van der Waals surface area contributed by atoms with Crippen molar-refractivity contribution in [3.05, 3.63) is 45.6 Å². The van der Waals surface area contributed by atoms with Crippen molar-refractivity contribution in [3.8, 4) is 0 Å². The number of carboxylic acids is 1. The monoisotopic (exact) mass is 323 g/mol. The lowest BCUT2D eigenvalue weighted by atomic mass is 10.3. The van der Waals surface area contributed by atoms with Crippen molar-refractivity contribution in [1.82, 2.24) is 9.97 Å². The minimum atomic E-state index is -1.17. The normalized spacial score (nSPS) is 10.0. The highest BCUT2D eigenvalue weighted by molar-refractivity contribution is 6.30. The Morgan fingerprint density at radius 2 is 2.05 bits per heavy atom. The Morgan fingerprint density at radius 3 is 2.64 bits per heavy atom. The fourth-order valence-corrected chi connectivity index (χ4v) is 1.65. The molecule has 0 aliphatic rings. The third kappa shape index (κ3) is 4.03. The van der Waals surface area contributed by atoms with E-state index in [2.05, 4.69) is 20.6 Å². The van der Waals surface area contributed by atoms with Gasteiger partial charge in [0.25, 0.3) is 0 Å². The van der Waals surface area contributed by atoms with Crippen LogP contribution in [-0.4, -0.2) is 32.5 Å². The molecule has 0 aliphatic carbocycles. The first kappa shape index (κ1) is 15.4. The van der Waals surface area contributed by atoms with E-state index in [1.165, 1.54) is 0 Å². The zero-order valence-electron chi connectivity index (χ0n) is 11.0. The van der Waals surface area contributed by atoms with Crippen molar-refractivity contribution in [2.75, 3.05) is 17.2 Å². The molecular formula is C12H10ClN5O4. The Hall–Kier alpha value is -2.94. The summed E-state index contributed by atoms with van der Waals surface area (Å²) in [6, 6.07) is 6.66. The van der Waals surface area contributed by atoms with E-state index in [9.17, 15) is 14.9 Å². The van der Waals surface area contributed by atoms with Crippen molar-refractivity contribution in [2.24, 2.45) is 0 Å². The van der Waals surface area contributed by atoms with Gasteiger partial charge in [0, 0.05) is 10.7 Å². The van der Waals surface area contributed by atoms with E-state index >= 15 is 0 Å². The molecule has 1 heterocycles. The largest absolute Gasteiger partial charge is 0.480 e. The molecule has 10 heteroatoms. The quantitative estimate of drug-likeness (QED) is 0.545. The second-order valence-corrected chi connectivity index (χ2v) is 4.50. The van der Waals surface area contributed by atoms with E-state index < -0.39 is 23.1 Å². The molecule has 0 amide bonds. The number of hydrogen-bond acceptors (Lipinski definition) is 7. The van der Waals surface area contributed by atoms with Crippen molar-refractivity contribution in [1.29, 1.82) is 0 Å². The third-order valence-electron chi connectivity index (χ3n) is 2.47. The van der Waals surface area contributed by atoms with E-state index in [-0.39, 0.29) is 11.8 Å². The Morgan fingerprint density at radius 1 is 1.36 bits per heavy atom. The van der Waals surface area contributed by atoms with Gasteiger partial charge in [0.2, 0.25) is 11.8 Å². The summed E-state index contributed by atoms with van der Waals surface area (Å²) in [6.45, 7) is -0.502. The molecule has 0 aliphatic heterocycles. The summed E-state index contributed by atoms with van der Waals surface area (Å²) in [6.07, 6.45) is 0.995. The average molecular weight is 324 g/mol. The van der Waals surface area contributed by atoms with Crippen LogP contribution in [0.5, 0.6) is 0 Å². The maximum atomic E-state index is 10.9. The predicted molar refractivity (Wildman–Crippen MR) is 79.5 cm³/mol. The van der Waals surface area contributed by atoms with Gasteiger partial charge in [-0.1, -0.05) is 11.6 Å². The van der Waals surface area contributed by atoms with E-state index in [0.29, 0.717) is 10.7 Å². The number of nitrogens with zero attached hydrogens (tertiary/aromatic N) is 3. The van der Waals surface area contributed by atoms with Crippen LogP contribution in [0, 0.1) is 10.1 Å². The number of carbonyl (C=O) groups is 1. The summed E-state index contributed by atoms with van der Waals surface area (Å²) in [5.41, 5.74) is 0.213. The van der Waals surface area contributed by atoms with Gasteiger partial charge in [-0.05, 0) is 24.3 Å². The van der Waals surface area contributed by atoms with Gasteiger partial charge in [0.1, 0.15) is 12.7 Å². The summed E-state index contributed by atoms with van der Waals surface area (Å²) in [7, 11) is 0. The molecule has 3 N–H and O–H groups in total. The lowest BCUT2D eigenvalue weighted by molar-refractivity contribution is -0.384. The minimum Gasteiger partial charge on any atom is -0.480 e. The molecule has 0 unspecified atom stereocenters. The van der Waals surface area contributed by atoms with Crippen molar-refractivity contribution in [2.45, 2.75) is 0 Å². The molecule has 0 atom stereocenters. The number of aromatic nitrogens is 2. The highest BCUT2D eigenvalue weighted by atomic mass is 35.5. The Bertz CT molecular complexity index is 707. The Kier molecular flexibility index (Phi) is 4.69. The van der Waals surface area contributed by atoms with Crippen molar-refractivity contribution >= 4 is 40.7 Å². The van der Waals surface area contributed by atoms with Gasteiger partial charge >= 0.3 is 11.7 Å². The molecule has 114 valence electrons. The van der Waals surface area contributed by atoms with Gasteiger partial charge in [0.05, 0.1) is 4.92 Å². The first-order chi connectivity index (χ1) is 10.5. The Balaban J connectivity index is 2.25. The second-order valence-electron chi connectivity index (χ2n) is 4.06. The Labute approximate surface area is 129 Å². The van der Waals surface area contributed by atoms with Crippen LogP contribution in [0.15, 0.2) is 30.5 Å². The van der Waals surface area contributed by atoms with E-state index in [0.717, 1.165) is 6.20 Å². The molecule has 1 aromatic heterocycles. The molecule has 0 bridgehead atoms.